The van der Waals surface area contributed by atoms with Gasteiger partial charge in [-0.25, -0.2) is 4.98 Å². The van der Waals surface area contributed by atoms with Crippen molar-refractivity contribution in [1.82, 2.24) is 9.88 Å². The number of rotatable bonds is 4. The molecule has 1 unspecified atom stereocenters. The Balaban J connectivity index is 2.51. The first kappa shape index (κ1) is 11.5. The van der Waals surface area contributed by atoms with E-state index in [0.29, 0.717) is 6.04 Å². The summed E-state index contributed by atoms with van der Waals surface area (Å²) in [5.74, 6) is 0.911. The Hall–Kier alpha value is -0.610. The van der Waals surface area contributed by atoms with E-state index in [2.05, 4.69) is 52.1 Å². The number of likely N-dealkylation sites (N-methyl/N-ethyl adjacent to an activating group) is 1. The number of pyridine rings is 1. The van der Waals surface area contributed by atoms with Crippen LogP contribution in [-0.2, 0) is 0 Å². The van der Waals surface area contributed by atoms with Gasteiger partial charge >= 0.3 is 0 Å². The largest absolute Gasteiger partial charge is 0.366 e. The van der Waals surface area contributed by atoms with Gasteiger partial charge in [-0.1, -0.05) is 6.07 Å². The summed E-state index contributed by atoms with van der Waals surface area (Å²) in [6.07, 6.45) is 0. The molecule has 0 aliphatic rings. The molecule has 4 heteroatoms. The van der Waals surface area contributed by atoms with E-state index in [1.165, 1.54) is 0 Å². The van der Waals surface area contributed by atoms with Crippen molar-refractivity contribution in [3.8, 4) is 0 Å². The first-order valence-corrected chi connectivity index (χ1v) is 5.41. The predicted molar refractivity (Wildman–Crippen MR) is 63.6 cm³/mol. The van der Waals surface area contributed by atoms with Crippen LogP contribution in [-0.4, -0.2) is 36.6 Å². The maximum atomic E-state index is 4.31. The van der Waals surface area contributed by atoms with Gasteiger partial charge in [-0.15, -0.1) is 0 Å². The minimum Gasteiger partial charge on any atom is -0.366 e. The Morgan fingerprint density at radius 3 is 2.79 bits per heavy atom. The SMILES string of the molecule is CC(CN(C)C)Nc1cccc(Br)n1. The van der Waals surface area contributed by atoms with E-state index in [0.717, 1.165) is 17.0 Å². The van der Waals surface area contributed by atoms with Gasteiger partial charge in [-0.3, -0.25) is 0 Å². The Morgan fingerprint density at radius 1 is 1.50 bits per heavy atom. The highest BCUT2D eigenvalue weighted by Gasteiger charge is 2.03. The second-order valence-electron chi connectivity index (χ2n) is 3.65. The minimum atomic E-state index is 0.395. The molecule has 0 radical (unpaired) electrons. The van der Waals surface area contributed by atoms with E-state index in [1.54, 1.807) is 0 Å². The van der Waals surface area contributed by atoms with Crippen molar-refractivity contribution in [2.75, 3.05) is 26.0 Å². The highest BCUT2D eigenvalue weighted by molar-refractivity contribution is 9.10. The molecule has 1 atom stereocenters. The van der Waals surface area contributed by atoms with Crippen LogP contribution in [0.15, 0.2) is 22.8 Å². The van der Waals surface area contributed by atoms with Crippen molar-refractivity contribution in [3.05, 3.63) is 22.8 Å². The number of anilines is 1. The lowest BCUT2D eigenvalue weighted by molar-refractivity contribution is 0.392. The molecule has 0 aliphatic heterocycles. The van der Waals surface area contributed by atoms with Crippen LogP contribution in [0, 0.1) is 0 Å². The molecule has 1 N–H and O–H groups in total. The summed E-state index contributed by atoms with van der Waals surface area (Å²) < 4.78 is 0.861. The fraction of sp³-hybridized carbons (Fsp3) is 0.500. The molecule has 1 aromatic heterocycles. The third kappa shape index (κ3) is 4.07. The van der Waals surface area contributed by atoms with Crippen molar-refractivity contribution in [3.63, 3.8) is 0 Å². The Kier molecular flexibility index (Phi) is 4.35. The van der Waals surface area contributed by atoms with Crippen molar-refractivity contribution >= 4 is 21.7 Å². The first-order valence-electron chi connectivity index (χ1n) is 4.62. The Morgan fingerprint density at radius 2 is 2.21 bits per heavy atom. The molecule has 3 nitrogen and oxygen atoms in total. The van der Waals surface area contributed by atoms with Crippen LogP contribution in [0.4, 0.5) is 5.82 Å². The van der Waals surface area contributed by atoms with E-state index >= 15 is 0 Å². The average Bonchev–Trinajstić information content (AvgIpc) is 2.01. The van der Waals surface area contributed by atoms with E-state index in [-0.39, 0.29) is 0 Å². The summed E-state index contributed by atoms with van der Waals surface area (Å²) in [4.78, 5) is 6.46. The van der Waals surface area contributed by atoms with Gasteiger partial charge in [0.05, 0.1) is 0 Å². The standard InChI is InChI=1S/C10H16BrN3/c1-8(7-14(2)3)12-10-6-4-5-9(11)13-10/h4-6,8H,7H2,1-3H3,(H,12,13). The van der Waals surface area contributed by atoms with E-state index in [4.69, 9.17) is 0 Å². The van der Waals surface area contributed by atoms with Crippen molar-refractivity contribution < 1.29 is 0 Å². The summed E-state index contributed by atoms with van der Waals surface area (Å²) in [6, 6.07) is 6.26. The zero-order chi connectivity index (χ0) is 10.6. The predicted octanol–water partition coefficient (Wildman–Crippen LogP) is 2.21. The van der Waals surface area contributed by atoms with Gasteiger partial charge in [0, 0.05) is 12.6 Å². The molecular formula is C10H16BrN3. The molecule has 1 rings (SSSR count). The van der Waals surface area contributed by atoms with Crippen LogP contribution in [0.2, 0.25) is 0 Å². The van der Waals surface area contributed by atoms with E-state index in [9.17, 15) is 0 Å². The summed E-state index contributed by atoms with van der Waals surface area (Å²) in [6.45, 7) is 3.14. The van der Waals surface area contributed by atoms with Gasteiger partial charge in [-0.05, 0) is 49.1 Å². The summed E-state index contributed by atoms with van der Waals surface area (Å²) >= 11 is 3.34. The van der Waals surface area contributed by atoms with Crippen LogP contribution >= 0.6 is 15.9 Å². The highest BCUT2D eigenvalue weighted by atomic mass is 79.9. The fourth-order valence-electron chi connectivity index (χ4n) is 1.33. The van der Waals surface area contributed by atoms with Crippen LogP contribution in [0.1, 0.15) is 6.92 Å². The second-order valence-corrected chi connectivity index (χ2v) is 4.47. The molecule has 0 saturated heterocycles. The van der Waals surface area contributed by atoms with Crippen LogP contribution in [0.3, 0.4) is 0 Å². The number of hydrogen-bond acceptors (Lipinski definition) is 3. The average molecular weight is 258 g/mol. The smallest absolute Gasteiger partial charge is 0.127 e. The summed E-state index contributed by atoms with van der Waals surface area (Å²) in [7, 11) is 4.12. The molecule has 14 heavy (non-hydrogen) atoms. The molecule has 0 fully saturated rings. The van der Waals surface area contributed by atoms with Gasteiger partial charge in [0.1, 0.15) is 10.4 Å². The number of hydrogen-bond donors (Lipinski definition) is 1. The van der Waals surface area contributed by atoms with Crippen molar-refractivity contribution in [2.24, 2.45) is 0 Å². The molecule has 0 amide bonds. The van der Waals surface area contributed by atoms with Gasteiger partial charge in [-0.2, -0.15) is 0 Å². The minimum absolute atomic E-state index is 0.395. The number of aromatic nitrogens is 1. The molecule has 1 aromatic rings. The normalized spacial score (nSPS) is 12.9. The third-order valence-corrected chi connectivity index (χ3v) is 2.19. The molecule has 0 spiro atoms. The highest BCUT2D eigenvalue weighted by Crippen LogP contribution is 2.10. The fourth-order valence-corrected chi connectivity index (χ4v) is 1.68. The maximum Gasteiger partial charge on any atom is 0.127 e. The summed E-state index contributed by atoms with van der Waals surface area (Å²) in [5.41, 5.74) is 0. The molecule has 0 bridgehead atoms. The zero-order valence-corrected chi connectivity index (χ0v) is 10.4. The van der Waals surface area contributed by atoms with Crippen LogP contribution < -0.4 is 5.32 Å². The molecular weight excluding hydrogens is 242 g/mol. The molecule has 0 saturated carbocycles. The van der Waals surface area contributed by atoms with Gasteiger partial charge < -0.3 is 10.2 Å². The van der Waals surface area contributed by atoms with Crippen molar-refractivity contribution in [2.45, 2.75) is 13.0 Å². The monoisotopic (exact) mass is 257 g/mol. The maximum absolute atomic E-state index is 4.31. The van der Waals surface area contributed by atoms with E-state index < -0.39 is 0 Å². The second kappa shape index (κ2) is 5.32. The van der Waals surface area contributed by atoms with Crippen LogP contribution in [0.5, 0.6) is 0 Å². The van der Waals surface area contributed by atoms with Gasteiger partial charge in [0.2, 0.25) is 0 Å². The molecule has 0 aliphatic carbocycles. The number of nitrogens with one attached hydrogen (secondary N) is 1. The third-order valence-electron chi connectivity index (χ3n) is 1.75. The Bertz CT molecular complexity index is 288. The molecule has 1 heterocycles. The number of halogens is 1. The van der Waals surface area contributed by atoms with Gasteiger partial charge in [0.15, 0.2) is 0 Å². The molecule has 0 aromatic carbocycles. The zero-order valence-electron chi connectivity index (χ0n) is 8.79. The lowest BCUT2D eigenvalue weighted by atomic mass is 10.3. The first-order chi connectivity index (χ1) is 6.58. The summed E-state index contributed by atoms with van der Waals surface area (Å²) in [5, 5.41) is 3.33. The Labute approximate surface area is 93.7 Å². The van der Waals surface area contributed by atoms with Gasteiger partial charge in [0.25, 0.3) is 0 Å². The number of nitrogens with zero attached hydrogens (tertiary/aromatic N) is 2. The molecule has 78 valence electrons. The topological polar surface area (TPSA) is 28.2 Å². The quantitative estimate of drug-likeness (QED) is 0.839. The van der Waals surface area contributed by atoms with Crippen molar-refractivity contribution in [1.29, 1.82) is 0 Å². The lowest BCUT2D eigenvalue weighted by Gasteiger charge is -2.18. The lowest BCUT2D eigenvalue weighted by Crippen LogP contribution is -2.29. The van der Waals surface area contributed by atoms with E-state index in [1.807, 2.05) is 18.2 Å². The van der Waals surface area contributed by atoms with Crippen LogP contribution in [0.25, 0.3) is 0 Å².